The second-order valence-electron chi connectivity index (χ2n) is 2.64. The summed E-state index contributed by atoms with van der Waals surface area (Å²) < 4.78 is 0. The van der Waals surface area contributed by atoms with Gasteiger partial charge in [-0.2, -0.15) is 0 Å². The molecule has 4 nitrogen and oxygen atoms in total. The minimum Gasteiger partial charge on any atom is -0.481 e. The van der Waals surface area contributed by atoms with Crippen LogP contribution in [0.1, 0.15) is 13.8 Å². The van der Waals surface area contributed by atoms with Gasteiger partial charge in [-0.15, -0.1) is 0 Å². The number of carboxylic acids is 2. The minimum atomic E-state index is -0.955. The van der Waals surface area contributed by atoms with Crippen molar-refractivity contribution in [3.8, 4) is 0 Å². The van der Waals surface area contributed by atoms with Crippen molar-refractivity contribution in [1.82, 2.24) is 0 Å². The number of hydrogen-bond acceptors (Lipinski definition) is 2. The van der Waals surface area contributed by atoms with Gasteiger partial charge in [0.15, 0.2) is 0 Å². The molecular weight excluding hydrogens is 160 g/mol. The predicted molar refractivity (Wildman–Crippen MR) is 42.7 cm³/mol. The summed E-state index contributed by atoms with van der Waals surface area (Å²) >= 11 is 0. The lowest BCUT2D eigenvalue weighted by molar-refractivity contribution is -0.141. The van der Waals surface area contributed by atoms with E-state index in [0.29, 0.717) is 0 Å². The van der Waals surface area contributed by atoms with Gasteiger partial charge in [0.2, 0.25) is 0 Å². The van der Waals surface area contributed by atoms with Gasteiger partial charge in [0.1, 0.15) is 0 Å². The quantitative estimate of drug-likeness (QED) is 0.620. The zero-order chi connectivity index (χ0) is 9.72. The average molecular weight is 172 g/mol. The van der Waals surface area contributed by atoms with E-state index in [4.69, 9.17) is 10.2 Å². The first-order chi connectivity index (χ1) is 5.45. The zero-order valence-corrected chi connectivity index (χ0v) is 7.02. The van der Waals surface area contributed by atoms with E-state index in [0.717, 1.165) is 0 Å². The third-order valence-corrected chi connectivity index (χ3v) is 1.47. The molecule has 0 fully saturated rings. The Balaban J connectivity index is 4.06. The first-order valence-electron chi connectivity index (χ1n) is 3.59. The molecule has 0 aliphatic carbocycles. The lowest BCUT2D eigenvalue weighted by Crippen LogP contribution is -2.09. The zero-order valence-electron chi connectivity index (χ0n) is 7.02. The van der Waals surface area contributed by atoms with E-state index >= 15 is 0 Å². The van der Waals surface area contributed by atoms with E-state index in [1.807, 2.05) is 0 Å². The van der Waals surface area contributed by atoms with Crippen LogP contribution in [0.15, 0.2) is 12.2 Å². The van der Waals surface area contributed by atoms with Crippen LogP contribution in [-0.4, -0.2) is 22.2 Å². The minimum absolute atomic E-state index is 0.633. The molecule has 0 aliphatic rings. The molecule has 0 aliphatic heterocycles. The van der Waals surface area contributed by atoms with Gasteiger partial charge in [0.05, 0.1) is 11.8 Å². The van der Waals surface area contributed by atoms with Gasteiger partial charge in [-0.25, -0.2) is 0 Å². The van der Waals surface area contributed by atoms with Crippen molar-refractivity contribution >= 4 is 11.9 Å². The van der Waals surface area contributed by atoms with Gasteiger partial charge < -0.3 is 10.2 Å². The van der Waals surface area contributed by atoms with E-state index < -0.39 is 23.8 Å². The molecule has 0 spiro atoms. The highest BCUT2D eigenvalue weighted by Gasteiger charge is 2.09. The van der Waals surface area contributed by atoms with Crippen LogP contribution in [0.5, 0.6) is 0 Å². The van der Waals surface area contributed by atoms with Crippen molar-refractivity contribution in [1.29, 1.82) is 0 Å². The molecule has 0 aromatic rings. The van der Waals surface area contributed by atoms with Gasteiger partial charge in [-0.05, 0) is 13.8 Å². The number of rotatable bonds is 4. The molecule has 0 radical (unpaired) electrons. The lowest BCUT2D eigenvalue weighted by atomic mass is 10.1. The Morgan fingerprint density at radius 2 is 1.25 bits per heavy atom. The van der Waals surface area contributed by atoms with E-state index in [2.05, 4.69) is 0 Å². The van der Waals surface area contributed by atoms with Crippen LogP contribution in [0.2, 0.25) is 0 Å². The highest BCUT2D eigenvalue weighted by Crippen LogP contribution is 2.02. The standard InChI is InChI=1S/C8H12O4/c1-5(7(9)10)3-4-6(2)8(11)12/h3-6H,1-2H3,(H,9,10)(H,11,12)/b4-3-. The van der Waals surface area contributed by atoms with Crippen molar-refractivity contribution in [3.05, 3.63) is 12.2 Å². The third-order valence-electron chi connectivity index (χ3n) is 1.47. The summed E-state index contributed by atoms with van der Waals surface area (Å²) in [6, 6.07) is 0. The molecule has 68 valence electrons. The van der Waals surface area contributed by atoms with Crippen LogP contribution >= 0.6 is 0 Å². The normalized spacial score (nSPS) is 15.8. The van der Waals surface area contributed by atoms with Crippen molar-refractivity contribution in [2.24, 2.45) is 11.8 Å². The Bertz CT molecular complexity index is 185. The van der Waals surface area contributed by atoms with E-state index in [9.17, 15) is 9.59 Å². The van der Waals surface area contributed by atoms with Crippen LogP contribution in [-0.2, 0) is 9.59 Å². The highest BCUT2D eigenvalue weighted by atomic mass is 16.4. The Morgan fingerprint density at radius 1 is 1.00 bits per heavy atom. The van der Waals surface area contributed by atoms with Crippen molar-refractivity contribution in [3.63, 3.8) is 0 Å². The topological polar surface area (TPSA) is 74.6 Å². The van der Waals surface area contributed by atoms with Crippen molar-refractivity contribution < 1.29 is 19.8 Å². The van der Waals surface area contributed by atoms with Crippen LogP contribution < -0.4 is 0 Å². The molecule has 0 aromatic heterocycles. The van der Waals surface area contributed by atoms with Crippen molar-refractivity contribution in [2.45, 2.75) is 13.8 Å². The monoisotopic (exact) mass is 172 g/mol. The third kappa shape index (κ3) is 3.75. The fourth-order valence-corrected chi connectivity index (χ4v) is 0.498. The maximum Gasteiger partial charge on any atom is 0.310 e. The lowest BCUT2D eigenvalue weighted by Gasteiger charge is -2.00. The summed E-state index contributed by atoms with van der Waals surface area (Å²) in [5.74, 6) is -3.17. The molecule has 2 atom stereocenters. The van der Waals surface area contributed by atoms with Crippen LogP contribution in [0.4, 0.5) is 0 Å². The molecule has 2 unspecified atom stereocenters. The molecule has 0 saturated heterocycles. The SMILES string of the molecule is CC(/C=C\C(C)C(=O)O)C(=O)O. The fourth-order valence-electron chi connectivity index (χ4n) is 0.498. The summed E-state index contributed by atoms with van der Waals surface area (Å²) in [6.45, 7) is 2.99. The first-order valence-corrected chi connectivity index (χ1v) is 3.59. The van der Waals surface area contributed by atoms with E-state index in [1.54, 1.807) is 0 Å². The Hall–Kier alpha value is -1.32. The molecule has 12 heavy (non-hydrogen) atoms. The molecule has 0 aromatic carbocycles. The Morgan fingerprint density at radius 3 is 1.42 bits per heavy atom. The van der Waals surface area contributed by atoms with E-state index in [-0.39, 0.29) is 0 Å². The summed E-state index contributed by atoms with van der Waals surface area (Å²) in [5.41, 5.74) is 0. The predicted octanol–water partition coefficient (Wildman–Crippen LogP) is 0.984. The van der Waals surface area contributed by atoms with Crippen LogP contribution in [0.25, 0.3) is 0 Å². The van der Waals surface area contributed by atoms with Gasteiger partial charge in [0.25, 0.3) is 0 Å². The number of carbonyl (C=O) groups is 2. The smallest absolute Gasteiger partial charge is 0.310 e. The van der Waals surface area contributed by atoms with Gasteiger partial charge in [-0.3, -0.25) is 9.59 Å². The molecule has 4 heteroatoms. The van der Waals surface area contributed by atoms with Gasteiger partial charge >= 0.3 is 11.9 Å². The Kier molecular flexibility index (Phi) is 4.04. The second kappa shape index (κ2) is 4.54. The average Bonchev–Trinajstić information content (AvgIpc) is 1.98. The molecule has 0 bridgehead atoms. The summed E-state index contributed by atoms with van der Waals surface area (Å²) in [5, 5.41) is 16.9. The summed E-state index contributed by atoms with van der Waals surface area (Å²) in [4.78, 5) is 20.6. The highest BCUT2D eigenvalue weighted by molar-refractivity contribution is 5.73. The number of hydrogen-bond donors (Lipinski definition) is 2. The van der Waals surface area contributed by atoms with Gasteiger partial charge in [0, 0.05) is 0 Å². The fraction of sp³-hybridized carbons (Fsp3) is 0.500. The molecular formula is C8H12O4. The molecule has 0 saturated carbocycles. The van der Waals surface area contributed by atoms with Crippen LogP contribution in [0, 0.1) is 11.8 Å². The largest absolute Gasteiger partial charge is 0.481 e. The second-order valence-corrected chi connectivity index (χ2v) is 2.64. The number of carboxylic acid groups (broad SMARTS) is 2. The molecule has 0 rings (SSSR count). The maximum atomic E-state index is 10.3. The Labute approximate surface area is 70.5 Å². The molecule has 0 amide bonds. The molecule has 0 heterocycles. The number of aliphatic carboxylic acids is 2. The van der Waals surface area contributed by atoms with Gasteiger partial charge in [-0.1, -0.05) is 12.2 Å². The van der Waals surface area contributed by atoms with E-state index in [1.165, 1.54) is 26.0 Å². The van der Waals surface area contributed by atoms with Crippen LogP contribution in [0.3, 0.4) is 0 Å². The van der Waals surface area contributed by atoms with Crippen molar-refractivity contribution in [2.75, 3.05) is 0 Å². The summed E-state index contributed by atoms with van der Waals surface area (Å²) in [6.07, 6.45) is 2.75. The maximum absolute atomic E-state index is 10.3. The molecule has 2 N–H and O–H groups in total. The summed E-state index contributed by atoms with van der Waals surface area (Å²) in [7, 11) is 0. The first kappa shape index (κ1) is 10.7.